The van der Waals surface area contributed by atoms with Gasteiger partial charge in [-0.15, -0.1) is 11.3 Å². The molecule has 4 nitrogen and oxygen atoms in total. The molecular weight excluding hydrogens is 300 g/mol. The van der Waals surface area contributed by atoms with E-state index >= 15 is 0 Å². The highest BCUT2D eigenvalue weighted by Gasteiger charge is 2.09. The van der Waals surface area contributed by atoms with Gasteiger partial charge in [0.15, 0.2) is 0 Å². The number of thiophene rings is 2. The number of fused-ring (bicyclic) bond motifs is 1. The fraction of sp³-hybridized carbons (Fsp3) is 0.333. The van der Waals surface area contributed by atoms with E-state index in [1.807, 2.05) is 0 Å². The highest BCUT2D eigenvalue weighted by Crippen LogP contribution is 2.27. The minimum absolute atomic E-state index is 0.705. The lowest BCUT2D eigenvalue weighted by molar-refractivity contribution is 0.956. The van der Waals surface area contributed by atoms with Gasteiger partial charge in [0.2, 0.25) is 5.95 Å². The van der Waals surface area contributed by atoms with Crippen molar-refractivity contribution in [2.45, 2.75) is 26.8 Å². The maximum Gasteiger partial charge on any atom is 0.226 e. The number of hydrogen-bond acceptors (Lipinski definition) is 6. The first kappa shape index (κ1) is 14.3. The lowest BCUT2D eigenvalue weighted by Gasteiger charge is -2.09. The smallest absolute Gasteiger partial charge is 0.226 e. The van der Waals surface area contributed by atoms with E-state index in [2.05, 4.69) is 56.7 Å². The first-order chi connectivity index (χ1) is 10.3. The first-order valence-electron chi connectivity index (χ1n) is 7.02. The zero-order valence-corrected chi connectivity index (χ0v) is 13.8. The van der Waals surface area contributed by atoms with Crippen molar-refractivity contribution in [1.82, 2.24) is 9.97 Å². The summed E-state index contributed by atoms with van der Waals surface area (Å²) >= 11 is 3.38. The van der Waals surface area contributed by atoms with E-state index in [1.54, 1.807) is 22.7 Å². The van der Waals surface area contributed by atoms with Gasteiger partial charge >= 0.3 is 0 Å². The summed E-state index contributed by atoms with van der Waals surface area (Å²) in [7, 11) is 0. The molecule has 6 heteroatoms. The van der Waals surface area contributed by atoms with Crippen LogP contribution in [-0.2, 0) is 6.54 Å². The van der Waals surface area contributed by atoms with Gasteiger partial charge in [0.1, 0.15) is 10.6 Å². The van der Waals surface area contributed by atoms with Crippen LogP contribution in [0.25, 0.3) is 10.2 Å². The van der Waals surface area contributed by atoms with E-state index in [1.165, 1.54) is 11.1 Å². The van der Waals surface area contributed by atoms with Crippen molar-refractivity contribution in [3.63, 3.8) is 0 Å². The molecule has 3 heterocycles. The van der Waals surface area contributed by atoms with E-state index in [9.17, 15) is 0 Å². The van der Waals surface area contributed by atoms with E-state index < -0.39 is 0 Å². The molecule has 0 fully saturated rings. The molecule has 0 amide bonds. The number of aromatic nitrogens is 2. The Labute approximate surface area is 132 Å². The summed E-state index contributed by atoms with van der Waals surface area (Å²) in [6.45, 7) is 5.96. The SMILES string of the molecule is CCCNc1nc(NCc2cscc2C)c2ccsc2n1. The van der Waals surface area contributed by atoms with Crippen LogP contribution in [0.4, 0.5) is 11.8 Å². The predicted octanol–water partition coefficient (Wildman–Crippen LogP) is 4.50. The van der Waals surface area contributed by atoms with Crippen molar-refractivity contribution in [3.05, 3.63) is 33.3 Å². The summed E-state index contributed by atoms with van der Waals surface area (Å²) in [5.74, 6) is 1.61. The van der Waals surface area contributed by atoms with Gasteiger partial charge in [-0.05, 0) is 46.7 Å². The molecule has 21 heavy (non-hydrogen) atoms. The van der Waals surface area contributed by atoms with Crippen LogP contribution in [0, 0.1) is 6.92 Å². The second-order valence-corrected chi connectivity index (χ2v) is 6.53. The lowest BCUT2D eigenvalue weighted by Crippen LogP contribution is -2.08. The molecular formula is C15H18N4S2. The van der Waals surface area contributed by atoms with E-state index in [-0.39, 0.29) is 0 Å². The van der Waals surface area contributed by atoms with Crippen molar-refractivity contribution in [1.29, 1.82) is 0 Å². The van der Waals surface area contributed by atoms with Gasteiger partial charge in [0.05, 0.1) is 5.39 Å². The van der Waals surface area contributed by atoms with Crippen LogP contribution in [-0.4, -0.2) is 16.5 Å². The van der Waals surface area contributed by atoms with Crippen molar-refractivity contribution < 1.29 is 0 Å². The van der Waals surface area contributed by atoms with Crippen LogP contribution in [0.3, 0.4) is 0 Å². The molecule has 3 aromatic rings. The van der Waals surface area contributed by atoms with Crippen molar-refractivity contribution in [2.75, 3.05) is 17.2 Å². The summed E-state index contributed by atoms with van der Waals surface area (Å²) < 4.78 is 0. The third kappa shape index (κ3) is 3.16. The molecule has 0 unspecified atom stereocenters. The Hall–Kier alpha value is -1.66. The lowest BCUT2D eigenvalue weighted by atomic mass is 10.2. The Bertz CT molecular complexity index is 732. The van der Waals surface area contributed by atoms with Crippen molar-refractivity contribution in [2.24, 2.45) is 0 Å². The Morgan fingerprint density at radius 2 is 2.10 bits per heavy atom. The summed E-state index contributed by atoms with van der Waals surface area (Å²) in [6, 6.07) is 2.08. The average Bonchev–Trinajstić information content (AvgIpc) is 3.11. The Kier molecular flexibility index (Phi) is 4.36. The molecule has 0 bridgehead atoms. The fourth-order valence-electron chi connectivity index (χ4n) is 2.05. The van der Waals surface area contributed by atoms with Crippen LogP contribution in [0.15, 0.2) is 22.2 Å². The zero-order chi connectivity index (χ0) is 14.7. The Morgan fingerprint density at radius 1 is 1.19 bits per heavy atom. The molecule has 2 N–H and O–H groups in total. The van der Waals surface area contributed by atoms with Gasteiger partial charge in [-0.1, -0.05) is 6.92 Å². The van der Waals surface area contributed by atoms with E-state index in [0.29, 0.717) is 5.95 Å². The molecule has 0 atom stereocenters. The van der Waals surface area contributed by atoms with Crippen molar-refractivity contribution >= 4 is 44.7 Å². The molecule has 0 spiro atoms. The number of hydrogen-bond donors (Lipinski definition) is 2. The number of rotatable bonds is 6. The summed E-state index contributed by atoms with van der Waals surface area (Å²) in [5.41, 5.74) is 2.65. The monoisotopic (exact) mass is 318 g/mol. The van der Waals surface area contributed by atoms with E-state index in [0.717, 1.165) is 35.5 Å². The summed E-state index contributed by atoms with van der Waals surface area (Å²) in [6.07, 6.45) is 1.06. The molecule has 0 radical (unpaired) electrons. The quantitative estimate of drug-likeness (QED) is 0.703. The van der Waals surface area contributed by atoms with Crippen LogP contribution in [0.1, 0.15) is 24.5 Å². The van der Waals surface area contributed by atoms with Gasteiger partial charge in [0.25, 0.3) is 0 Å². The molecule has 3 aromatic heterocycles. The van der Waals surface area contributed by atoms with Crippen LogP contribution >= 0.6 is 22.7 Å². The number of anilines is 2. The molecule has 0 aliphatic carbocycles. The van der Waals surface area contributed by atoms with Crippen LogP contribution < -0.4 is 10.6 Å². The minimum Gasteiger partial charge on any atom is -0.365 e. The van der Waals surface area contributed by atoms with Gasteiger partial charge in [-0.25, -0.2) is 4.98 Å². The predicted molar refractivity (Wildman–Crippen MR) is 92.6 cm³/mol. The maximum absolute atomic E-state index is 4.62. The molecule has 0 aliphatic heterocycles. The number of nitrogens with one attached hydrogen (secondary N) is 2. The third-order valence-electron chi connectivity index (χ3n) is 3.27. The highest BCUT2D eigenvalue weighted by atomic mass is 32.1. The van der Waals surface area contributed by atoms with Gasteiger partial charge in [-0.3, -0.25) is 0 Å². The topological polar surface area (TPSA) is 49.8 Å². The van der Waals surface area contributed by atoms with Crippen molar-refractivity contribution in [3.8, 4) is 0 Å². The van der Waals surface area contributed by atoms with Crippen LogP contribution in [0.2, 0.25) is 0 Å². The standard InChI is InChI=1S/C15H18N4S2/c1-3-5-16-15-18-13(12-4-6-21-14(12)19-15)17-7-11-9-20-8-10(11)2/h4,6,8-9H,3,5,7H2,1-2H3,(H2,16,17,18,19). The Morgan fingerprint density at radius 3 is 2.86 bits per heavy atom. The summed E-state index contributed by atoms with van der Waals surface area (Å²) in [4.78, 5) is 10.2. The summed E-state index contributed by atoms with van der Waals surface area (Å²) in [5, 5.41) is 14.2. The molecule has 0 saturated heterocycles. The second-order valence-electron chi connectivity index (χ2n) is 4.90. The zero-order valence-electron chi connectivity index (χ0n) is 12.1. The fourth-order valence-corrected chi connectivity index (χ4v) is 3.67. The molecule has 0 saturated carbocycles. The molecule has 0 aromatic carbocycles. The normalized spacial score (nSPS) is 11.0. The van der Waals surface area contributed by atoms with Crippen LogP contribution in [0.5, 0.6) is 0 Å². The maximum atomic E-state index is 4.62. The molecule has 0 aliphatic rings. The number of nitrogens with zero attached hydrogens (tertiary/aromatic N) is 2. The average molecular weight is 318 g/mol. The second kappa shape index (κ2) is 6.41. The number of aryl methyl sites for hydroxylation is 1. The van der Waals surface area contributed by atoms with E-state index in [4.69, 9.17) is 0 Å². The molecule has 110 valence electrons. The molecule has 3 rings (SSSR count). The first-order valence-corrected chi connectivity index (χ1v) is 8.85. The van der Waals surface area contributed by atoms with Gasteiger partial charge in [0, 0.05) is 13.1 Å². The van der Waals surface area contributed by atoms with Gasteiger partial charge in [-0.2, -0.15) is 16.3 Å². The van der Waals surface area contributed by atoms with Gasteiger partial charge < -0.3 is 10.6 Å². The third-order valence-corrected chi connectivity index (χ3v) is 4.98. The minimum atomic E-state index is 0.705. The highest BCUT2D eigenvalue weighted by molar-refractivity contribution is 7.16. The largest absolute Gasteiger partial charge is 0.365 e. The Balaban J connectivity index is 1.85.